The van der Waals surface area contributed by atoms with E-state index in [1.54, 1.807) is 0 Å². The van der Waals surface area contributed by atoms with E-state index in [0.29, 0.717) is 17.5 Å². The molecular weight excluding hydrogens is 733 g/mol. The Morgan fingerprint density at radius 3 is 1.60 bits per heavy atom. The van der Waals surface area contributed by atoms with Gasteiger partial charge in [-0.05, 0) is 35.9 Å². The first-order valence-electron chi connectivity index (χ1n) is 19.0. The third kappa shape index (κ3) is 5.08. The fourth-order valence-electron chi connectivity index (χ4n) is 8.50. The Kier molecular flexibility index (Phi) is 7.24. The molecule has 0 bridgehead atoms. The smallest absolute Gasteiger partial charge is 0.164 e. The number of aromatic nitrogens is 4. The zero-order valence-corrected chi connectivity index (χ0v) is 32.1. The number of fused-ring (bicyclic) bond motifs is 9. The molecule has 0 fully saturated rings. The monoisotopic (exact) mass is 762 g/mol. The van der Waals surface area contributed by atoms with E-state index >= 15 is 0 Å². The van der Waals surface area contributed by atoms with Crippen LogP contribution < -0.4 is 0 Å². The van der Waals surface area contributed by atoms with Crippen molar-refractivity contribution < 1.29 is 0 Å². The summed E-state index contributed by atoms with van der Waals surface area (Å²) in [6.07, 6.45) is 0. The van der Waals surface area contributed by atoms with Crippen molar-refractivity contribution in [1.82, 2.24) is 19.5 Å². The Balaban J connectivity index is 1.03. The summed E-state index contributed by atoms with van der Waals surface area (Å²) in [5, 5.41) is 7.62. The molecule has 8 aromatic carbocycles. The molecule has 12 aromatic rings. The fourth-order valence-corrected chi connectivity index (χ4v) is 11.0. The number of para-hydroxylation sites is 2. The molecule has 6 heteroatoms. The Bertz CT molecular complexity index is 3410. The molecule has 4 heterocycles. The van der Waals surface area contributed by atoms with Crippen molar-refractivity contribution in [2.75, 3.05) is 0 Å². The highest BCUT2D eigenvalue weighted by Crippen LogP contribution is 2.47. The molecule has 0 saturated heterocycles. The number of hydrogen-bond acceptors (Lipinski definition) is 5. The highest BCUT2D eigenvalue weighted by Gasteiger charge is 2.20. The van der Waals surface area contributed by atoms with E-state index in [0.717, 1.165) is 16.7 Å². The van der Waals surface area contributed by atoms with Gasteiger partial charge < -0.3 is 4.57 Å². The normalized spacial score (nSPS) is 11.9. The largest absolute Gasteiger partial charge is 0.308 e. The highest BCUT2D eigenvalue weighted by atomic mass is 32.1. The topological polar surface area (TPSA) is 43.6 Å². The molecule has 57 heavy (non-hydrogen) atoms. The molecule has 12 rings (SSSR count). The lowest BCUT2D eigenvalue weighted by Gasteiger charge is -2.10. The van der Waals surface area contributed by atoms with Crippen molar-refractivity contribution in [3.63, 3.8) is 0 Å². The van der Waals surface area contributed by atoms with Gasteiger partial charge in [0.05, 0.1) is 21.4 Å². The van der Waals surface area contributed by atoms with Crippen LogP contribution in [0.2, 0.25) is 0 Å². The van der Waals surface area contributed by atoms with Crippen LogP contribution in [0, 0.1) is 0 Å². The van der Waals surface area contributed by atoms with Gasteiger partial charge in [-0.2, -0.15) is 0 Å². The van der Waals surface area contributed by atoms with Gasteiger partial charge in [-0.15, -0.1) is 22.7 Å². The van der Waals surface area contributed by atoms with E-state index in [1.165, 1.54) is 79.0 Å². The summed E-state index contributed by atoms with van der Waals surface area (Å²) in [7, 11) is 0. The van der Waals surface area contributed by atoms with Crippen LogP contribution in [0.1, 0.15) is 0 Å². The van der Waals surface area contributed by atoms with E-state index in [9.17, 15) is 0 Å². The molecule has 4 nitrogen and oxygen atoms in total. The maximum atomic E-state index is 5.02. The number of thiophene rings is 2. The molecule has 0 amide bonds. The molecule has 0 aliphatic heterocycles. The van der Waals surface area contributed by atoms with Crippen LogP contribution in [0.5, 0.6) is 0 Å². The van der Waals surface area contributed by atoms with Gasteiger partial charge in [-0.3, -0.25) is 0 Å². The average Bonchev–Trinajstić information content (AvgIpc) is 3.96. The van der Waals surface area contributed by atoms with Gasteiger partial charge in [0.15, 0.2) is 17.5 Å². The SMILES string of the molecule is c1ccc(-c2nc(-c3ccccc3)nc(-c3ccc4c(c3)sc3c(-c5cccc6sc7c(-n8c9ccccc9c9ccccc98)cccc7c56)cccc34)n2)cc1. The molecular formula is C51H30N4S2. The van der Waals surface area contributed by atoms with Gasteiger partial charge in [-0.25, -0.2) is 15.0 Å². The minimum absolute atomic E-state index is 0.663. The van der Waals surface area contributed by atoms with E-state index in [1.807, 2.05) is 83.3 Å². The maximum Gasteiger partial charge on any atom is 0.164 e. The van der Waals surface area contributed by atoms with Crippen molar-refractivity contribution >= 4 is 84.8 Å². The molecule has 0 aliphatic rings. The molecule has 266 valence electrons. The first kappa shape index (κ1) is 32.3. The Morgan fingerprint density at radius 1 is 0.351 bits per heavy atom. The second-order valence-electron chi connectivity index (χ2n) is 14.3. The average molecular weight is 763 g/mol. The van der Waals surface area contributed by atoms with Crippen molar-refractivity contribution in [2.45, 2.75) is 0 Å². The second-order valence-corrected chi connectivity index (χ2v) is 16.4. The quantitative estimate of drug-likeness (QED) is 0.175. The molecule has 0 radical (unpaired) electrons. The summed E-state index contributed by atoms with van der Waals surface area (Å²) >= 11 is 3.73. The van der Waals surface area contributed by atoms with E-state index in [-0.39, 0.29) is 0 Å². The predicted octanol–water partition coefficient (Wildman–Crippen LogP) is 14.4. The lowest BCUT2D eigenvalue weighted by Crippen LogP contribution is -1.99. The number of hydrogen-bond donors (Lipinski definition) is 0. The molecule has 0 saturated carbocycles. The lowest BCUT2D eigenvalue weighted by molar-refractivity contribution is 1.07. The third-order valence-electron chi connectivity index (χ3n) is 11.1. The van der Waals surface area contributed by atoms with E-state index in [2.05, 4.69) is 126 Å². The molecule has 0 aliphatic carbocycles. The van der Waals surface area contributed by atoms with Gasteiger partial charge >= 0.3 is 0 Å². The zero-order chi connectivity index (χ0) is 37.5. The molecule has 0 unspecified atom stereocenters. The number of rotatable bonds is 5. The first-order valence-corrected chi connectivity index (χ1v) is 20.7. The summed E-state index contributed by atoms with van der Waals surface area (Å²) in [6, 6.07) is 64.8. The third-order valence-corrected chi connectivity index (χ3v) is 13.5. The van der Waals surface area contributed by atoms with Crippen molar-refractivity contribution in [3.8, 4) is 51.0 Å². The van der Waals surface area contributed by atoms with Crippen molar-refractivity contribution in [3.05, 3.63) is 182 Å². The summed E-state index contributed by atoms with van der Waals surface area (Å²) in [4.78, 5) is 15.0. The molecule has 0 spiro atoms. The minimum atomic E-state index is 0.663. The summed E-state index contributed by atoms with van der Waals surface area (Å²) in [5.74, 6) is 1.99. The van der Waals surface area contributed by atoms with Gasteiger partial charge in [-0.1, -0.05) is 152 Å². The van der Waals surface area contributed by atoms with Crippen molar-refractivity contribution in [2.24, 2.45) is 0 Å². The predicted molar refractivity (Wildman–Crippen MR) is 242 cm³/mol. The second kappa shape index (κ2) is 12.8. The van der Waals surface area contributed by atoms with Crippen LogP contribution in [0.25, 0.3) is 113 Å². The summed E-state index contributed by atoms with van der Waals surface area (Å²) in [6.45, 7) is 0. The first-order chi connectivity index (χ1) is 28.3. The highest BCUT2D eigenvalue weighted by molar-refractivity contribution is 7.27. The molecule has 4 aromatic heterocycles. The summed E-state index contributed by atoms with van der Waals surface area (Å²) < 4.78 is 7.51. The minimum Gasteiger partial charge on any atom is -0.308 e. The Labute approximate surface area is 335 Å². The van der Waals surface area contributed by atoms with Gasteiger partial charge in [0.2, 0.25) is 0 Å². The number of benzene rings is 8. The van der Waals surface area contributed by atoms with E-state index in [4.69, 9.17) is 15.0 Å². The summed E-state index contributed by atoms with van der Waals surface area (Å²) in [5.41, 5.74) is 9.07. The van der Waals surface area contributed by atoms with Crippen molar-refractivity contribution in [1.29, 1.82) is 0 Å². The van der Waals surface area contributed by atoms with Crippen LogP contribution in [-0.4, -0.2) is 19.5 Å². The number of nitrogens with zero attached hydrogens (tertiary/aromatic N) is 4. The van der Waals surface area contributed by atoms with Crippen LogP contribution in [0.3, 0.4) is 0 Å². The fraction of sp³-hybridized carbons (Fsp3) is 0. The van der Waals surface area contributed by atoms with Crippen LogP contribution >= 0.6 is 22.7 Å². The van der Waals surface area contributed by atoms with Gasteiger partial charge in [0.25, 0.3) is 0 Å². The zero-order valence-electron chi connectivity index (χ0n) is 30.4. The van der Waals surface area contributed by atoms with Crippen LogP contribution in [0.4, 0.5) is 0 Å². The van der Waals surface area contributed by atoms with Gasteiger partial charge in [0, 0.05) is 68.7 Å². The Morgan fingerprint density at radius 2 is 0.895 bits per heavy atom. The van der Waals surface area contributed by atoms with Crippen LogP contribution in [0.15, 0.2) is 182 Å². The van der Waals surface area contributed by atoms with E-state index < -0.39 is 0 Å². The van der Waals surface area contributed by atoms with Crippen LogP contribution in [-0.2, 0) is 0 Å². The maximum absolute atomic E-state index is 5.02. The lowest BCUT2D eigenvalue weighted by atomic mass is 9.97. The standard InChI is InChI=1S/C51H30N4S2/c1-3-14-31(15-4-1)49-52-50(32-16-5-2-6-17-32)54-51(53-49)33-28-29-36-38-21-11-22-39(47(38)57-45(36)30-33)37-20-13-27-44-46(37)40-23-12-26-43(48(40)56-44)55-41-24-9-7-18-34(41)35-19-8-10-25-42(35)55/h1-30H. The Hall–Kier alpha value is -6.99. The molecule has 0 N–H and O–H groups in total. The molecule has 0 atom stereocenters. The van der Waals surface area contributed by atoms with Gasteiger partial charge in [0.1, 0.15) is 0 Å².